The van der Waals surface area contributed by atoms with Crippen LogP contribution in [0.25, 0.3) is 0 Å². The van der Waals surface area contributed by atoms with Crippen LogP contribution in [0, 0.1) is 0 Å². The van der Waals surface area contributed by atoms with Crippen molar-refractivity contribution in [3.05, 3.63) is 24.3 Å². The van der Waals surface area contributed by atoms with Gasteiger partial charge in [-0.25, -0.2) is 0 Å². The first-order valence-corrected chi connectivity index (χ1v) is 8.77. The first kappa shape index (κ1) is 15.2. The molecule has 1 aromatic rings. The van der Waals surface area contributed by atoms with Gasteiger partial charge in [0.1, 0.15) is 6.54 Å². The third-order valence-corrected chi connectivity index (χ3v) is 4.94. The number of anilines is 2. The van der Waals surface area contributed by atoms with Crippen LogP contribution in [0.5, 0.6) is 0 Å². The van der Waals surface area contributed by atoms with Crippen molar-refractivity contribution in [2.24, 2.45) is 0 Å². The molecule has 6 heteroatoms. The van der Waals surface area contributed by atoms with Crippen LogP contribution in [-0.4, -0.2) is 48.0 Å². The van der Waals surface area contributed by atoms with Crippen LogP contribution >= 0.6 is 11.8 Å². The SMILES string of the molecule is O=C(CN1CCSC1=O)Nc1ccc(N2CCCCC2)cc1. The van der Waals surface area contributed by atoms with E-state index in [1.54, 1.807) is 4.90 Å². The number of benzene rings is 1. The first-order chi connectivity index (χ1) is 10.7. The molecular weight excluding hydrogens is 298 g/mol. The summed E-state index contributed by atoms with van der Waals surface area (Å²) in [6.07, 6.45) is 3.82. The summed E-state index contributed by atoms with van der Waals surface area (Å²) in [5, 5.41) is 2.85. The van der Waals surface area contributed by atoms with Gasteiger partial charge in [0, 0.05) is 36.8 Å². The Morgan fingerprint density at radius 2 is 1.82 bits per heavy atom. The summed E-state index contributed by atoms with van der Waals surface area (Å²) in [5.74, 6) is 0.637. The molecular formula is C16H21N3O2S. The molecule has 0 saturated carbocycles. The Labute approximate surface area is 135 Å². The lowest BCUT2D eigenvalue weighted by atomic mass is 10.1. The molecule has 2 fully saturated rings. The number of rotatable bonds is 4. The highest BCUT2D eigenvalue weighted by molar-refractivity contribution is 8.13. The minimum Gasteiger partial charge on any atom is -0.372 e. The lowest BCUT2D eigenvalue weighted by Gasteiger charge is -2.28. The van der Waals surface area contributed by atoms with Gasteiger partial charge in [-0.05, 0) is 43.5 Å². The summed E-state index contributed by atoms with van der Waals surface area (Å²) >= 11 is 1.27. The average Bonchev–Trinajstić information content (AvgIpc) is 2.94. The quantitative estimate of drug-likeness (QED) is 0.927. The van der Waals surface area contributed by atoms with Gasteiger partial charge in [-0.3, -0.25) is 9.59 Å². The summed E-state index contributed by atoms with van der Waals surface area (Å²) in [6.45, 7) is 3.02. The number of hydrogen-bond acceptors (Lipinski definition) is 4. The van der Waals surface area contributed by atoms with Gasteiger partial charge in [-0.1, -0.05) is 11.8 Å². The number of carbonyl (C=O) groups is 2. The van der Waals surface area contributed by atoms with Gasteiger partial charge in [0.15, 0.2) is 0 Å². The third kappa shape index (κ3) is 3.74. The molecule has 0 bridgehead atoms. The van der Waals surface area contributed by atoms with Crippen molar-refractivity contribution in [2.45, 2.75) is 19.3 Å². The Morgan fingerprint density at radius 3 is 2.45 bits per heavy atom. The van der Waals surface area contributed by atoms with Crippen molar-refractivity contribution in [3.63, 3.8) is 0 Å². The summed E-state index contributed by atoms with van der Waals surface area (Å²) in [6, 6.07) is 7.97. The predicted octanol–water partition coefficient (Wildman–Crippen LogP) is 2.78. The van der Waals surface area contributed by atoms with E-state index in [1.165, 1.54) is 36.7 Å². The molecule has 2 amide bonds. The minimum atomic E-state index is -0.137. The van der Waals surface area contributed by atoms with Crippen LogP contribution in [0.4, 0.5) is 16.2 Å². The summed E-state index contributed by atoms with van der Waals surface area (Å²) in [4.78, 5) is 27.4. The Morgan fingerprint density at radius 1 is 1.09 bits per heavy atom. The van der Waals surface area contributed by atoms with Crippen LogP contribution in [-0.2, 0) is 4.79 Å². The molecule has 0 spiro atoms. The monoisotopic (exact) mass is 319 g/mol. The van der Waals surface area contributed by atoms with Crippen LogP contribution in [0.2, 0.25) is 0 Å². The van der Waals surface area contributed by atoms with Gasteiger partial charge in [-0.2, -0.15) is 0 Å². The average molecular weight is 319 g/mol. The Balaban J connectivity index is 1.54. The summed E-state index contributed by atoms with van der Waals surface area (Å²) in [7, 11) is 0. The molecule has 0 radical (unpaired) electrons. The van der Waals surface area contributed by atoms with Gasteiger partial charge in [0.25, 0.3) is 5.24 Å². The van der Waals surface area contributed by atoms with Crippen molar-refractivity contribution in [1.29, 1.82) is 0 Å². The van der Waals surface area contributed by atoms with E-state index in [0.29, 0.717) is 6.54 Å². The van der Waals surface area contributed by atoms with Crippen molar-refractivity contribution in [2.75, 3.05) is 42.1 Å². The fourth-order valence-electron chi connectivity index (χ4n) is 2.85. The molecule has 0 aromatic heterocycles. The van der Waals surface area contributed by atoms with Gasteiger partial charge >= 0.3 is 0 Å². The largest absolute Gasteiger partial charge is 0.372 e. The maximum Gasteiger partial charge on any atom is 0.282 e. The van der Waals surface area contributed by atoms with E-state index >= 15 is 0 Å². The summed E-state index contributed by atoms with van der Waals surface area (Å²) in [5.41, 5.74) is 1.99. The standard InChI is InChI=1S/C16H21N3O2S/c20-15(12-19-10-11-22-16(19)21)17-13-4-6-14(7-5-13)18-8-2-1-3-9-18/h4-7H,1-3,8-12H2,(H,17,20). The molecule has 118 valence electrons. The Kier molecular flexibility index (Phi) is 4.87. The van der Waals surface area contributed by atoms with E-state index in [9.17, 15) is 9.59 Å². The minimum absolute atomic E-state index is 0.00408. The van der Waals surface area contributed by atoms with Gasteiger partial charge < -0.3 is 15.1 Å². The first-order valence-electron chi connectivity index (χ1n) is 7.79. The number of carbonyl (C=O) groups excluding carboxylic acids is 2. The molecule has 0 aliphatic carbocycles. The second-order valence-electron chi connectivity index (χ2n) is 5.68. The maximum atomic E-state index is 12.0. The normalized spacial score (nSPS) is 18.6. The van der Waals surface area contributed by atoms with Crippen LogP contribution in [0.3, 0.4) is 0 Å². The van der Waals surface area contributed by atoms with Crippen LogP contribution in [0.1, 0.15) is 19.3 Å². The molecule has 0 atom stereocenters. The van der Waals surface area contributed by atoms with Gasteiger partial charge in [0.05, 0.1) is 0 Å². The maximum absolute atomic E-state index is 12.0. The third-order valence-electron chi connectivity index (χ3n) is 4.05. The van der Waals surface area contributed by atoms with Crippen molar-refractivity contribution in [3.8, 4) is 0 Å². The molecule has 5 nitrogen and oxygen atoms in total. The highest BCUT2D eigenvalue weighted by Gasteiger charge is 2.23. The molecule has 1 N–H and O–H groups in total. The zero-order chi connectivity index (χ0) is 15.4. The van der Waals surface area contributed by atoms with E-state index in [0.717, 1.165) is 24.5 Å². The van der Waals surface area contributed by atoms with Crippen molar-refractivity contribution < 1.29 is 9.59 Å². The number of piperidine rings is 1. The molecule has 0 unspecified atom stereocenters. The molecule has 2 aliphatic heterocycles. The fraction of sp³-hybridized carbons (Fsp3) is 0.500. The zero-order valence-corrected chi connectivity index (χ0v) is 13.4. The van der Waals surface area contributed by atoms with Crippen molar-refractivity contribution in [1.82, 2.24) is 4.90 Å². The molecule has 2 aliphatic rings. The van der Waals surface area contributed by atoms with Crippen molar-refractivity contribution >= 4 is 34.3 Å². The number of nitrogens with one attached hydrogen (secondary N) is 1. The highest BCUT2D eigenvalue weighted by atomic mass is 32.2. The number of nitrogens with zero attached hydrogens (tertiary/aromatic N) is 2. The molecule has 2 heterocycles. The van der Waals surface area contributed by atoms with Crippen LogP contribution in [0.15, 0.2) is 24.3 Å². The second-order valence-corrected chi connectivity index (χ2v) is 6.72. The molecule has 3 rings (SSSR count). The molecule has 22 heavy (non-hydrogen) atoms. The zero-order valence-electron chi connectivity index (χ0n) is 12.6. The predicted molar refractivity (Wildman–Crippen MR) is 90.6 cm³/mol. The van der Waals surface area contributed by atoms with Gasteiger partial charge in [-0.15, -0.1) is 0 Å². The number of thioether (sulfide) groups is 1. The van der Waals surface area contributed by atoms with Gasteiger partial charge in [0.2, 0.25) is 5.91 Å². The van der Waals surface area contributed by atoms with Crippen LogP contribution < -0.4 is 10.2 Å². The second kappa shape index (κ2) is 7.05. The number of hydrogen-bond donors (Lipinski definition) is 1. The molecule has 2 saturated heterocycles. The molecule has 1 aromatic carbocycles. The Bertz CT molecular complexity index is 541. The smallest absolute Gasteiger partial charge is 0.282 e. The van der Waals surface area contributed by atoms with E-state index in [-0.39, 0.29) is 17.7 Å². The van der Waals surface area contributed by atoms with E-state index < -0.39 is 0 Å². The summed E-state index contributed by atoms with van der Waals surface area (Å²) < 4.78 is 0. The lowest BCUT2D eigenvalue weighted by Crippen LogP contribution is -2.33. The number of amides is 2. The Hall–Kier alpha value is -1.69. The fourth-order valence-corrected chi connectivity index (χ4v) is 3.68. The van der Waals surface area contributed by atoms with E-state index in [1.807, 2.05) is 12.1 Å². The highest BCUT2D eigenvalue weighted by Crippen LogP contribution is 2.22. The van der Waals surface area contributed by atoms with E-state index in [2.05, 4.69) is 22.3 Å². The lowest BCUT2D eigenvalue weighted by molar-refractivity contribution is -0.116. The van der Waals surface area contributed by atoms with E-state index in [4.69, 9.17) is 0 Å². The topological polar surface area (TPSA) is 52.7 Å².